The van der Waals surface area contributed by atoms with Gasteiger partial charge in [-0.2, -0.15) is 18.2 Å². The van der Waals surface area contributed by atoms with E-state index in [-0.39, 0.29) is 12.4 Å². The minimum atomic E-state index is -4.63. The summed E-state index contributed by atoms with van der Waals surface area (Å²) >= 11 is 0. The third-order valence-corrected chi connectivity index (χ3v) is 2.98. The predicted molar refractivity (Wildman–Crippen MR) is 71.9 cm³/mol. The summed E-state index contributed by atoms with van der Waals surface area (Å²) in [5.41, 5.74) is 0.999. The first-order valence-corrected chi connectivity index (χ1v) is 6.63. The predicted octanol–water partition coefficient (Wildman–Crippen LogP) is 2.02. The van der Waals surface area contributed by atoms with Gasteiger partial charge in [0.2, 0.25) is 5.89 Å². The number of rotatable bonds is 6. The molecule has 0 radical (unpaired) electrons. The van der Waals surface area contributed by atoms with Gasteiger partial charge in [0, 0.05) is 6.54 Å². The summed E-state index contributed by atoms with van der Waals surface area (Å²) in [4.78, 5) is 5.42. The molecule has 0 aliphatic heterocycles. The molecule has 120 valence electrons. The van der Waals surface area contributed by atoms with Crippen molar-refractivity contribution < 1.29 is 22.8 Å². The van der Waals surface area contributed by atoms with Crippen LogP contribution in [0, 0.1) is 0 Å². The van der Waals surface area contributed by atoms with E-state index in [9.17, 15) is 13.2 Å². The lowest BCUT2D eigenvalue weighted by atomic mass is 10.1. The largest absolute Gasteiger partial charge is 0.415 e. The maximum Gasteiger partial charge on any atom is 0.415 e. The number of likely N-dealkylation sites (N-methyl/N-ethyl adjacent to an activating group) is 1. The molecule has 0 aliphatic carbocycles. The first-order chi connectivity index (χ1) is 10.3. The highest BCUT2D eigenvalue weighted by molar-refractivity contribution is 5.17. The van der Waals surface area contributed by atoms with E-state index < -0.39 is 18.8 Å². The second-order valence-electron chi connectivity index (χ2n) is 5.02. The quantitative estimate of drug-likeness (QED) is 0.883. The minimum Gasteiger partial charge on any atom is -0.382 e. The van der Waals surface area contributed by atoms with Crippen molar-refractivity contribution in [1.29, 1.82) is 0 Å². The number of benzene rings is 1. The van der Waals surface area contributed by atoms with Gasteiger partial charge < -0.3 is 9.63 Å². The number of halogens is 3. The fourth-order valence-corrected chi connectivity index (χ4v) is 1.90. The molecule has 8 heteroatoms. The van der Waals surface area contributed by atoms with Gasteiger partial charge in [-0.05, 0) is 12.6 Å². The zero-order chi connectivity index (χ0) is 16.2. The third-order valence-electron chi connectivity index (χ3n) is 2.98. The highest BCUT2D eigenvalue weighted by Crippen LogP contribution is 2.20. The molecular formula is C14H16F3N3O2. The monoisotopic (exact) mass is 315 g/mol. The van der Waals surface area contributed by atoms with Crippen molar-refractivity contribution >= 4 is 0 Å². The Hall–Kier alpha value is -1.93. The van der Waals surface area contributed by atoms with Crippen LogP contribution in [0.1, 0.15) is 17.3 Å². The zero-order valence-electron chi connectivity index (χ0n) is 11.9. The molecule has 0 spiro atoms. The molecule has 1 unspecified atom stereocenters. The van der Waals surface area contributed by atoms with Crippen LogP contribution < -0.4 is 0 Å². The van der Waals surface area contributed by atoms with Gasteiger partial charge in [0.15, 0.2) is 11.9 Å². The molecule has 0 saturated carbocycles. The number of hydrogen-bond donors (Lipinski definition) is 1. The maximum atomic E-state index is 12.3. The van der Waals surface area contributed by atoms with Crippen LogP contribution in [-0.2, 0) is 13.0 Å². The number of aliphatic hydroxyl groups excluding tert-OH is 1. The van der Waals surface area contributed by atoms with Crippen LogP contribution >= 0.6 is 0 Å². The Labute approximate surface area is 125 Å². The average molecular weight is 315 g/mol. The number of aromatic nitrogens is 2. The summed E-state index contributed by atoms with van der Waals surface area (Å²) in [7, 11) is 1.45. The number of hydrogen-bond acceptors (Lipinski definition) is 5. The maximum absolute atomic E-state index is 12.3. The van der Waals surface area contributed by atoms with E-state index in [0.717, 1.165) is 5.56 Å². The van der Waals surface area contributed by atoms with E-state index in [1.54, 1.807) is 0 Å². The average Bonchev–Trinajstić information content (AvgIpc) is 2.85. The van der Waals surface area contributed by atoms with E-state index >= 15 is 0 Å². The highest BCUT2D eigenvalue weighted by atomic mass is 19.4. The number of nitrogens with zero attached hydrogens (tertiary/aromatic N) is 3. The van der Waals surface area contributed by atoms with Gasteiger partial charge in [-0.3, -0.25) is 4.90 Å². The summed E-state index contributed by atoms with van der Waals surface area (Å²) in [5.74, 6) is 0.675. The van der Waals surface area contributed by atoms with Gasteiger partial charge in [0.25, 0.3) is 0 Å². The van der Waals surface area contributed by atoms with E-state index in [0.29, 0.717) is 12.3 Å². The van der Waals surface area contributed by atoms with Gasteiger partial charge in [-0.25, -0.2) is 0 Å². The van der Waals surface area contributed by atoms with Gasteiger partial charge in [0.1, 0.15) is 0 Å². The van der Waals surface area contributed by atoms with Gasteiger partial charge in [0.05, 0.1) is 13.0 Å². The zero-order valence-corrected chi connectivity index (χ0v) is 11.9. The van der Waals surface area contributed by atoms with Crippen LogP contribution in [0.25, 0.3) is 0 Å². The molecule has 1 atom stereocenters. The molecule has 0 saturated heterocycles. The highest BCUT2D eigenvalue weighted by Gasteiger charge is 2.38. The lowest BCUT2D eigenvalue weighted by Crippen LogP contribution is -2.39. The molecular weight excluding hydrogens is 299 g/mol. The van der Waals surface area contributed by atoms with Crippen molar-refractivity contribution in [2.24, 2.45) is 0 Å². The summed E-state index contributed by atoms with van der Waals surface area (Å²) in [6, 6.07) is 9.49. The molecule has 1 aromatic heterocycles. The molecule has 1 aromatic carbocycles. The normalized spacial score (nSPS) is 13.5. The Morgan fingerprint density at radius 1 is 1.27 bits per heavy atom. The first kappa shape index (κ1) is 16.4. The topological polar surface area (TPSA) is 62.4 Å². The lowest BCUT2D eigenvalue weighted by Gasteiger charge is -2.20. The van der Waals surface area contributed by atoms with Crippen LogP contribution in [0.3, 0.4) is 0 Å². The van der Waals surface area contributed by atoms with Crippen molar-refractivity contribution in [3.8, 4) is 0 Å². The third kappa shape index (κ3) is 4.81. The first-order valence-electron chi connectivity index (χ1n) is 6.63. The van der Waals surface area contributed by atoms with Crippen LogP contribution in [0.4, 0.5) is 13.2 Å². The Morgan fingerprint density at radius 3 is 2.59 bits per heavy atom. The van der Waals surface area contributed by atoms with Crippen molar-refractivity contribution in [3.63, 3.8) is 0 Å². The molecule has 1 N–H and O–H groups in total. The smallest absolute Gasteiger partial charge is 0.382 e. The van der Waals surface area contributed by atoms with Crippen LogP contribution in [-0.4, -0.2) is 46.0 Å². The van der Waals surface area contributed by atoms with Crippen molar-refractivity contribution in [3.05, 3.63) is 47.6 Å². The molecule has 2 rings (SSSR count). The van der Waals surface area contributed by atoms with Gasteiger partial charge in [-0.15, -0.1) is 0 Å². The molecule has 22 heavy (non-hydrogen) atoms. The molecule has 0 fully saturated rings. The van der Waals surface area contributed by atoms with Crippen molar-refractivity contribution in [1.82, 2.24) is 15.0 Å². The number of aliphatic hydroxyl groups is 1. The fourth-order valence-electron chi connectivity index (χ4n) is 1.90. The van der Waals surface area contributed by atoms with Crippen molar-refractivity contribution in [2.45, 2.75) is 25.2 Å². The molecule has 5 nitrogen and oxygen atoms in total. The van der Waals surface area contributed by atoms with Gasteiger partial charge in [-0.1, -0.05) is 35.5 Å². The van der Waals surface area contributed by atoms with Crippen molar-refractivity contribution in [2.75, 3.05) is 13.6 Å². The Kier molecular flexibility index (Phi) is 5.15. The summed E-state index contributed by atoms with van der Waals surface area (Å²) in [6.07, 6.45) is -6.57. The molecule has 0 amide bonds. The summed E-state index contributed by atoms with van der Waals surface area (Å²) in [5, 5.41) is 12.7. The minimum absolute atomic E-state index is 0.0609. The Bertz CT molecular complexity index is 587. The summed E-state index contributed by atoms with van der Waals surface area (Å²) < 4.78 is 41.9. The molecule has 2 aromatic rings. The van der Waals surface area contributed by atoms with E-state index in [4.69, 9.17) is 9.63 Å². The number of alkyl halides is 3. The van der Waals surface area contributed by atoms with E-state index in [1.165, 1.54) is 11.9 Å². The molecule has 1 heterocycles. The fraction of sp³-hybridized carbons (Fsp3) is 0.429. The standard InChI is InChI=1S/C14H16F3N3O2/c1-20(8-11(21)14(15,16)17)9-12-18-13(22-19-12)7-10-5-3-2-4-6-10/h2-6,11,21H,7-9H2,1H3. The van der Waals surface area contributed by atoms with E-state index in [2.05, 4.69) is 10.1 Å². The second kappa shape index (κ2) is 6.89. The second-order valence-corrected chi connectivity index (χ2v) is 5.02. The van der Waals surface area contributed by atoms with Crippen LogP contribution in [0.15, 0.2) is 34.9 Å². The van der Waals surface area contributed by atoms with Crippen LogP contribution in [0.2, 0.25) is 0 Å². The van der Waals surface area contributed by atoms with E-state index in [1.807, 2.05) is 30.3 Å². The summed E-state index contributed by atoms with van der Waals surface area (Å²) in [6.45, 7) is -0.489. The Morgan fingerprint density at radius 2 is 1.95 bits per heavy atom. The van der Waals surface area contributed by atoms with Crippen LogP contribution in [0.5, 0.6) is 0 Å². The SMILES string of the molecule is CN(Cc1noc(Cc2ccccc2)n1)CC(O)C(F)(F)F. The lowest BCUT2D eigenvalue weighted by molar-refractivity contribution is -0.207. The van der Waals surface area contributed by atoms with Gasteiger partial charge >= 0.3 is 6.18 Å². The Balaban J connectivity index is 1.89. The molecule has 0 bridgehead atoms. The molecule has 0 aliphatic rings.